The van der Waals surface area contributed by atoms with Crippen molar-refractivity contribution in [2.75, 3.05) is 5.32 Å². The van der Waals surface area contributed by atoms with Crippen LogP contribution in [0.15, 0.2) is 48.5 Å². The van der Waals surface area contributed by atoms with Crippen molar-refractivity contribution in [3.8, 4) is 0 Å². The van der Waals surface area contributed by atoms with E-state index in [0.717, 1.165) is 9.13 Å². The molecule has 0 radical (unpaired) electrons. The van der Waals surface area contributed by atoms with E-state index in [0.29, 0.717) is 11.3 Å². The third-order valence-corrected chi connectivity index (χ3v) is 3.69. The van der Waals surface area contributed by atoms with E-state index >= 15 is 0 Å². The molecule has 1 amide bonds. The van der Waals surface area contributed by atoms with Crippen LogP contribution in [0, 0.1) is 3.57 Å². The highest BCUT2D eigenvalue weighted by atomic mass is 127. The van der Waals surface area contributed by atoms with Crippen molar-refractivity contribution < 1.29 is 9.90 Å². The summed E-state index contributed by atoms with van der Waals surface area (Å²) >= 11 is 2.13. The van der Waals surface area contributed by atoms with Crippen molar-refractivity contribution in [2.24, 2.45) is 0 Å². The number of hydrogen-bond donors (Lipinski definition) is 2. The van der Waals surface area contributed by atoms with Gasteiger partial charge in [-0.25, -0.2) is 0 Å². The van der Waals surface area contributed by atoms with Gasteiger partial charge in [0.1, 0.15) is 0 Å². The molecule has 0 aliphatic carbocycles. The molecule has 0 aliphatic heterocycles. The number of nitrogens with one attached hydrogen (secondary N) is 1. The lowest BCUT2D eigenvalue weighted by Crippen LogP contribution is -2.13. The highest BCUT2D eigenvalue weighted by Crippen LogP contribution is 2.19. The monoisotopic (exact) mass is 367 g/mol. The van der Waals surface area contributed by atoms with Gasteiger partial charge >= 0.3 is 0 Å². The average molecular weight is 367 g/mol. The van der Waals surface area contributed by atoms with Gasteiger partial charge in [-0.15, -0.1) is 0 Å². The molecule has 0 aliphatic rings. The molecule has 2 aromatic carbocycles. The van der Waals surface area contributed by atoms with E-state index in [1.165, 1.54) is 0 Å². The van der Waals surface area contributed by atoms with Crippen LogP contribution in [0.25, 0.3) is 0 Å². The molecule has 0 bridgehead atoms. The number of benzene rings is 2. The van der Waals surface area contributed by atoms with Crippen LogP contribution >= 0.6 is 22.6 Å². The maximum Gasteiger partial charge on any atom is 0.256 e. The van der Waals surface area contributed by atoms with Crippen molar-refractivity contribution in [1.82, 2.24) is 0 Å². The van der Waals surface area contributed by atoms with Crippen LogP contribution in [-0.4, -0.2) is 11.0 Å². The minimum atomic E-state index is -0.547. The van der Waals surface area contributed by atoms with Crippen LogP contribution in [0.2, 0.25) is 0 Å². The van der Waals surface area contributed by atoms with E-state index < -0.39 is 6.10 Å². The molecule has 2 N–H and O–H groups in total. The van der Waals surface area contributed by atoms with E-state index in [1.54, 1.807) is 25.1 Å². The SMILES string of the molecule is CC(O)c1cccc(NC(=O)c2ccccc2I)c1. The van der Waals surface area contributed by atoms with Gasteiger partial charge in [-0.2, -0.15) is 0 Å². The summed E-state index contributed by atoms with van der Waals surface area (Å²) in [5, 5.41) is 12.4. The van der Waals surface area contributed by atoms with Gasteiger partial charge in [-0.05, 0) is 59.3 Å². The van der Waals surface area contributed by atoms with Crippen LogP contribution in [0.5, 0.6) is 0 Å². The van der Waals surface area contributed by atoms with E-state index in [1.807, 2.05) is 30.3 Å². The van der Waals surface area contributed by atoms with Crippen LogP contribution in [0.3, 0.4) is 0 Å². The van der Waals surface area contributed by atoms with E-state index in [2.05, 4.69) is 27.9 Å². The van der Waals surface area contributed by atoms with Crippen LogP contribution < -0.4 is 5.32 Å². The largest absolute Gasteiger partial charge is 0.389 e. The molecule has 1 unspecified atom stereocenters. The zero-order chi connectivity index (χ0) is 13.8. The summed E-state index contributed by atoms with van der Waals surface area (Å²) in [7, 11) is 0. The normalized spacial score (nSPS) is 11.9. The Bertz CT molecular complexity index is 596. The van der Waals surface area contributed by atoms with Crippen LogP contribution in [0.1, 0.15) is 28.9 Å². The molecule has 98 valence electrons. The Morgan fingerprint density at radius 1 is 1.21 bits per heavy atom. The molecule has 0 aromatic heterocycles. The lowest BCUT2D eigenvalue weighted by atomic mass is 10.1. The molecule has 0 heterocycles. The van der Waals surface area contributed by atoms with Crippen molar-refractivity contribution in [3.63, 3.8) is 0 Å². The molecule has 0 saturated carbocycles. The van der Waals surface area contributed by atoms with E-state index in [4.69, 9.17) is 0 Å². The molecule has 1 atom stereocenters. The minimum Gasteiger partial charge on any atom is -0.389 e. The van der Waals surface area contributed by atoms with Crippen molar-refractivity contribution >= 4 is 34.2 Å². The Morgan fingerprint density at radius 2 is 1.95 bits per heavy atom. The highest BCUT2D eigenvalue weighted by Gasteiger charge is 2.10. The quantitative estimate of drug-likeness (QED) is 0.815. The second-order valence-electron chi connectivity index (χ2n) is 4.24. The number of amides is 1. The first kappa shape index (κ1) is 14.0. The van der Waals surface area contributed by atoms with Gasteiger partial charge in [0.05, 0.1) is 11.7 Å². The van der Waals surface area contributed by atoms with E-state index in [9.17, 15) is 9.90 Å². The van der Waals surface area contributed by atoms with Gasteiger partial charge in [0, 0.05) is 9.26 Å². The smallest absolute Gasteiger partial charge is 0.256 e. The summed E-state index contributed by atoms with van der Waals surface area (Å²) in [5.74, 6) is -0.146. The molecule has 4 heteroatoms. The molecule has 2 aromatic rings. The second-order valence-corrected chi connectivity index (χ2v) is 5.40. The van der Waals surface area contributed by atoms with Crippen molar-refractivity contribution in [1.29, 1.82) is 0 Å². The van der Waals surface area contributed by atoms with Gasteiger partial charge in [0.15, 0.2) is 0 Å². The molecule has 0 fully saturated rings. The van der Waals surface area contributed by atoms with Gasteiger partial charge in [0.25, 0.3) is 5.91 Å². The zero-order valence-electron chi connectivity index (χ0n) is 10.4. The maximum absolute atomic E-state index is 12.1. The number of carbonyl (C=O) groups excluding carboxylic acids is 1. The summed E-state index contributed by atoms with van der Waals surface area (Å²) in [4.78, 5) is 12.1. The second kappa shape index (κ2) is 6.16. The Balaban J connectivity index is 2.20. The first-order valence-electron chi connectivity index (χ1n) is 5.92. The Labute approximate surface area is 125 Å². The summed E-state index contributed by atoms with van der Waals surface area (Å²) < 4.78 is 0.907. The fraction of sp³-hybridized carbons (Fsp3) is 0.133. The number of aliphatic hydroxyl groups excluding tert-OH is 1. The topological polar surface area (TPSA) is 49.3 Å². The fourth-order valence-electron chi connectivity index (χ4n) is 1.72. The minimum absolute atomic E-state index is 0.146. The summed E-state index contributed by atoms with van der Waals surface area (Å²) in [6.07, 6.45) is -0.547. The van der Waals surface area contributed by atoms with Crippen molar-refractivity contribution in [2.45, 2.75) is 13.0 Å². The summed E-state index contributed by atoms with van der Waals surface area (Å²) in [6, 6.07) is 14.6. The van der Waals surface area contributed by atoms with E-state index in [-0.39, 0.29) is 5.91 Å². The molecule has 19 heavy (non-hydrogen) atoms. The maximum atomic E-state index is 12.1. The Morgan fingerprint density at radius 3 is 2.63 bits per heavy atom. The lowest BCUT2D eigenvalue weighted by Gasteiger charge is -2.10. The molecule has 3 nitrogen and oxygen atoms in total. The summed E-state index contributed by atoms with van der Waals surface area (Å²) in [5.41, 5.74) is 2.11. The number of carbonyl (C=O) groups is 1. The zero-order valence-corrected chi connectivity index (χ0v) is 12.6. The molecule has 0 spiro atoms. The number of hydrogen-bond acceptors (Lipinski definition) is 2. The number of aliphatic hydroxyl groups is 1. The van der Waals surface area contributed by atoms with Gasteiger partial charge < -0.3 is 10.4 Å². The third-order valence-electron chi connectivity index (χ3n) is 2.75. The molecule has 0 saturated heterocycles. The predicted molar refractivity (Wildman–Crippen MR) is 84.2 cm³/mol. The molecular formula is C15H14INO2. The van der Waals surface area contributed by atoms with Gasteiger partial charge in [-0.3, -0.25) is 4.79 Å². The average Bonchev–Trinajstić information content (AvgIpc) is 2.39. The number of halogens is 1. The fourth-order valence-corrected chi connectivity index (χ4v) is 2.35. The number of anilines is 1. The standard InChI is InChI=1S/C15H14INO2/c1-10(18)11-5-4-6-12(9-11)17-15(19)13-7-2-3-8-14(13)16/h2-10,18H,1H3,(H,17,19). The van der Waals surface area contributed by atoms with Crippen LogP contribution in [-0.2, 0) is 0 Å². The van der Waals surface area contributed by atoms with Crippen LogP contribution in [0.4, 0.5) is 5.69 Å². The molecular weight excluding hydrogens is 353 g/mol. The van der Waals surface area contributed by atoms with Crippen molar-refractivity contribution in [3.05, 3.63) is 63.2 Å². The first-order chi connectivity index (χ1) is 9.08. The summed E-state index contributed by atoms with van der Waals surface area (Å²) in [6.45, 7) is 1.70. The Hall–Kier alpha value is -1.40. The lowest BCUT2D eigenvalue weighted by molar-refractivity contribution is 0.102. The first-order valence-corrected chi connectivity index (χ1v) is 6.99. The number of rotatable bonds is 3. The third kappa shape index (κ3) is 3.54. The van der Waals surface area contributed by atoms with Gasteiger partial charge in [0.2, 0.25) is 0 Å². The predicted octanol–water partition coefficient (Wildman–Crippen LogP) is 3.60. The highest BCUT2D eigenvalue weighted by molar-refractivity contribution is 14.1. The van der Waals surface area contributed by atoms with Gasteiger partial charge in [-0.1, -0.05) is 24.3 Å². The molecule has 2 rings (SSSR count). The Kier molecular flexibility index (Phi) is 4.55.